The normalized spacial score (nSPS) is 10.3. The molecule has 0 aliphatic heterocycles. The number of halogens is 1. The Kier molecular flexibility index (Phi) is 6.77. The first-order valence-electron chi connectivity index (χ1n) is 7.28. The van der Waals surface area contributed by atoms with Crippen LogP contribution in [0.2, 0.25) is 5.02 Å². The van der Waals surface area contributed by atoms with Crippen LogP contribution in [-0.2, 0) is 11.2 Å². The Morgan fingerprint density at radius 2 is 1.91 bits per heavy atom. The number of hydrogen-bond acceptors (Lipinski definition) is 5. The predicted octanol–water partition coefficient (Wildman–Crippen LogP) is 2.16. The molecule has 1 aromatic heterocycles. The van der Waals surface area contributed by atoms with Crippen LogP contribution < -0.4 is 10.6 Å². The lowest BCUT2D eigenvalue weighted by molar-refractivity contribution is 0.0948. The van der Waals surface area contributed by atoms with E-state index in [4.69, 9.17) is 16.3 Å². The molecular formula is C16H19ClN4O2. The fraction of sp³-hybridized carbons (Fsp3) is 0.312. The summed E-state index contributed by atoms with van der Waals surface area (Å²) >= 11 is 5.83. The van der Waals surface area contributed by atoms with E-state index in [2.05, 4.69) is 20.8 Å². The van der Waals surface area contributed by atoms with E-state index in [1.807, 2.05) is 24.3 Å². The Bertz CT molecular complexity index is 617. The number of carbonyl (C=O) groups is 1. The third kappa shape index (κ3) is 5.84. The number of aromatic nitrogens is 2. The van der Waals surface area contributed by atoms with Gasteiger partial charge in [-0.2, -0.15) is 0 Å². The number of nitrogens with one attached hydrogen (secondary N) is 2. The van der Waals surface area contributed by atoms with Crippen molar-refractivity contribution in [2.45, 2.75) is 6.42 Å². The average Bonchev–Trinajstić information content (AvgIpc) is 2.57. The summed E-state index contributed by atoms with van der Waals surface area (Å²) in [6.07, 6.45) is 0.729. The van der Waals surface area contributed by atoms with Crippen LogP contribution in [0.1, 0.15) is 16.1 Å². The molecule has 23 heavy (non-hydrogen) atoms. The summed E-state index contributed by atoms with van der Waals surface area (Å²) in [5, 5.41) is 14.4. The molecule has 0 unspecified atom stereocenters. The standard InChI is InChI=1S/C16H19ClN4O2/c1-23-11-10-18-15-7-6-14(20-21-15)16(22)19-9-8-12-2-4-13(17)5-3-12/h2-7H,8-11H2,1H3,(H,18,21)(H,19,22). The van der Waals surface area contributed by atoms with E-state index in [1.54, 1.807) is 19.2 Å². The van der Waals surface area contributed by atoms with Gasteiger partial charge >= 0.3 is 0 Å². The van der Waals surface area contributed by atoms with Crippen LogP contribution in [0, 0.1) is 0 Å². The number of amides is 1. The van der Waals surface area contributed by atoms with E-state index in [-0.39, 0.29) is 5.91 Å². The van der Waals surface area contributed by atoms with Crippen molar-refractivity contribution in [2.75, 3.05) is 32.1 Å². The fourth-order valence-corrected chi connectivity index (χ4v) is 2.02. The van der Waals surface area contributed by atoms with Crippen LogP contribution in [0.3, 0.4) is 0 Å². The van der Waals surface area contributed by atoms with Gasteiger partial charge in [-0.05, 0) is 36.2 Å². The summed E-state index contributed by atoms with van der Waals surface area (Å²) in [7, 11) is 1.63. The van der Waals surface area contributed by atoms with Gasteiger partial charge in [-0.25, -0.2) is 0 Å². The number of hydrogen-bond donors (Lipinski definition) is 2. The van der Waals surface area contributed by atoms with E-state index in [0.29, 0.717) is 36.2 Å². The Balaban J connectivity index is 1.77. The van der Waals surface area contributed by atoms with Crippen molar-refractivity contribution in [1.29, 1.82) is 0 Å². The summed E-state index contributed by atoms with van der Waals surface area (Å²) in [5.41, 5.74) is 1.40. The number of methoxy groups -OCH3 is 1. The number of nitrogens with zero attached hydrogens (tertiary/aromatic N) is 2. The zero-order valence-corrected chi connectivity index (χ0v) is 13.6. The van der Waals surface area contributed by atoms with Gasteiger partial charge in [-0.15, -0.1) is 10.2 Å². The zero-order valence-electron chi connectivity index (χ0n) is 12.9. The Morgan fingerprint density at radius 3 is 2.57 bits per heavy atom. The SMILES string of the molecule is COCCNc1ccc(C(=O)NCCc2ccc(Cl)cc2)nn1. The van der Waals surface area contributed by atoms with Crippen LogP contribution in [-0.4, -0.2) is 42.9 Å². The van der Waals surface area contributed by atoms with Gasteiger partial charge < -0.3 is 15.4 Å². The molecule has 1 aromatic carbocycles. The Hall–Kier alpha value is -2.18. The monoisotopic (exact) mass is 334 g/mol. The molecule has 1 amide bonds. The molecule has 0 fully saturated rings. The third-order valence-corrected chi connectivity index (χ3v) is 3.37. The first kappa shape index (κ1) is 17.2. The molecule has 0 radical (unpaired) electrons. The van der Waals surface area contributed by atoms with Gasteiger partial charge in [0.05, 0.1) is 6.61 Å². The van der Waals surface area contributed by atoms with E-state index in [0.717, 1.165) is 12.0 Å². The number of rotatable bonds is 8. The second kappa shape index (κ2) is 9.07. The van der Waals surface area contributed by atoms with E-state index in [9.17, 15) is 4.79 Å². The van der Waals surface area contributed by atoms with Crippen molar-refractivity contribution in [2.24, 2.45) is 0 Å². The summed E-state index contributed by atoms with van der Waals surface area (Å²) in [6, 6.07) is 10.9. The number of ether oxygens (including phenoxy) is 1. The zero-order chi connectivity index (χ0) is 16.5. The molecule has 0 aliphatic carbocycles. The number of carbonyl (C=O) groups excluding carboxylic acids is 1. The maximum Gasteiger partial charge on any atom is 0.271 e. The van der Waals surface area contributed by atoms with Gasteiger partial charge in [0, 0.05) is 25.2 Å². The second-order valence-electron chi connectivity index (χ2n) is 4.86. The molecule has 0 saturated carbocycles. The van der Waals surface area contributed by atoms with E-state index >= 15 is 0 Å². The minimum atomic E-state index is -0.241. The molecule has 6 nitrogen and oxygen atoms in total. The average molecular weight is 335 g/mol. The highest BCUT2D eigenvalue weighted by Crippen LogP contribution is 2.09. The van der Waals surface area contributed by atoms with Gasteiger partial charge in [0.1, 0.15) is 5.82 Å². The Morgan fingerprint density at radius 1 is 1.13 bits per heavy atom. The quantitative estimate of drug-likeness (QED) is 0.723. The van der Waals surface area contributed by atoms with Crippen molar-refractivity contribution < 1.29 is 9.53 Å². The minimum absolute atomic E-state index is 0.241. The number of benzene rings is 1. The van der Waals surface area contributed by atoms with Crippen LogP contribution >= 0.6 is 11.6 Å². The highest BCUT2D eigenvalue weighted by atomic mass is 35.5. The molecule has 2 aromatic rings. The van der Waals surface area contributed by atoms with Gasteiger partial charge in [0.15, 0.2) is 5.69 Å². The minimum Gasteiger partial charge on any atom is -0.383 e. The molecular weight excluding hydrogens is 316 g/mol. The molecule has 2 N–H and O–H groups in total. The third-order valence-electron chi connectivity index (χ3n) is 3.12. The highest BCUT2D eigenvalue weighted by Gasteiger charge is 2.07. The summed E-state index contributed by atoms with van der Waals surface area (Å²) in [5.74, 6) is 0.370. The van der Waals surface area contributed by atoms with Crippen molar-refractivity contribution in [1.82, 2.24) is 15.5 Å². The lowest BCUT2D eigenvalue weighted by atomic mass is 10.1. The first-order chi connectivity index (χ1) is 11.2. The molecule has 0 spiro atoms. The predicted molar refractivity (Wildman–Crippen MR) is 89.9 cm³/mol. The lowest BCUT2D eigenvalue weighted by Gasteiger charge is -2.06. The van der Waals surface area contributed by atoms with Gasteiger partial charge in [0.25, 0.3) is 5.91 Å². The second-order valence-corrected chi connectivity index (χ2v) is 5.29. The topological polar surface area (TPSA) is 76.1 Å². The van der Waals surface area contributed by atoms with Crippen LogP contribution in [0.5, 0.6) is 0 Å². The van der Waals surface area contributed by atoms with Crippen LogP contribution in [0.4, 0.5) is 5.82 Å². The molecule has 2 rings (SSSR count). The molecule has 0 atom stereocenters. The number of anilines is 1. The summed E-state index contributed by atoms with van der Waals surface area (Å²) in [4.78, 5) is 12.0. The summed E-state index contributed by atoms with van der Waals surface area (Å²) < 4.78 is 4.93. The van der Waals surface area contributed by atoms with Gasteiger partial charge in [-0.1, -0.05) is 23.7 Å². The van der Waals surface area contributed by atoms with Gasteiger partial charge in [0.2, 0.25) is 0 Å². The van der Waals surface area contributed by atoms with Crippen LogP contribution in [0.25, 0.3) is 0 Å². The van der Waals surface area contributed by atoms with Crippen molar-refractivity contribution in [3.8, 4) is 0 Å². The molecule has 0 saturated heterocycles. The highest BCUT2D eigenvalue weighted by molar-refractivity contribution is 6.30. The first-order valence-corrected chi connectivity index (χ1v) is 7.66. The van der Waals surface area contributed by atoms with Crippen molar-refractivity contribution in [3.05, 3.63) is 52.7 Å². The maximum absolute atomic E-state index is 12.0. The molecule has 1 heterocycles. The molecule has 122 valence electrons. The fourth-order valence-electron chi connectivity index (χ4n) is 1.89. The maximum atomic E-state index is 12.0. The summed E-state index contributed by atoms with van der Waals surface area (Å²) in [6.45, 7) is 1.74. The van der Waals surface area contributed by atoms with Crippen molar-refractivity contribution in [3.63, 3.8) is 0 Å². The molecule has 0 bridgehead atoms. The molecule has 0 aliphatic rings. The largest absolute Gasteiger partial charge is 0.383 e. The van der Waals surface area contributed by atoms with Gasteiger partial charge in [-0.3, -0.25) is 4.79 Å². The lowest BCUT2D eigenvalue weighted by Crippen LogP contribution is -2.26. The van der Waals surface area contributed by atoms with E-state index in [1.165, 1.54) is 0 Å². The van der Waals surface area contributed by atoms with E-state index < -0.39 is 0 Å². The van der Waals surface area contributed by atoms with Crippen LogP contribution in [0.15, 0.2) is 36.4 Å². The smallest absolute Gasteiger partial charge is 0.271 e. The molecule has 7 heteroatoms. The van der Waals surface area contributed by atoms with Crippen molar-refractivity contribution >= 4 is 23.3 Å². The Labute approximate surface area is 140 Å².